The first kappa shape index (κ1) is 17.2. The molecule has 0 unspecified atom stereocenters. The highest BCUT2D eigenvalue weighted by Gasteiger charge is 2.40. The van der Waals surface area contributed by atoms with E-state index in [0.717, 1.165) is 0 Å². The number of carbonyl (C=O) groups is 2. The van der Waals surface area contributed by atoms with E-state index in [1.807, 2.05) is 0 Å². The number of halogens is 1. The zero-order valence-electron chi connectivity index (χ0n) is 13.4. The van der Waals surface area contributed by atoms with Gasteiger partial charge in [0, 0.05) is 12.1 Å². The minimum Gasteiger partial charge on any atom is -0.444 e. The van der Waals surface area contributed by atoms with Gasteiger partial charge in [-0.15, -0.1) is 0 Å². The molecule has 0 saturated carbocycles. The molecule has 6 nitrogen and oxygen atoms in total. The molecule has 0 aliphatic carbocycles. The molecule has 0 radical (unpaired) electrons. The van der Waals surface area contributed by atoms with E-state index in [1.165, 1.54) is 29.2 Å². The van der Waals surface area contributed by atoms with Gasteiger partial charge in [0.1, 0.15) is 17.5 Å². The van der Waals surface area contributed by atoms with Crippen molar-refractivity contribution in [2.45, 2.75) is 44.9 Å². The van der Waals surface area contributed by atoms with Crippen LogP contribution in [-0.2, 0) is 9.53 Å². The van der Waals surface area contributed by atoms with Crippen molar-refractivity contribution < 1.29 is 23.8 Å². The number of aliphatic hydroxyl groups excluding tert-OH is 1. The second-order valence-corrected chi connectivity index (χ2v) is 6.53. The number of nitrogens with zero attached hydrogens (tertiary/aromatic N) is 1. The number of benzene rings is 1. The SMILES string of the molecule is CC(C)(C)OC(=O)N1C[C@@H](O)C[C@H]1C(=O)Nc1ccc(F)cc1. The molecule has 0 aromatic heterocycles. The number of carbonyl (C=O) groups excluding carboxylic acids is 2. The molecule has 1 aliphatic heterocycles. The van der Waals surface area contributed by atoms with Crippen molar-refractivity contribution in [1.82, 2.24) is 4.90 Å². The first-order chi connectivity index (χ1) is 10.7. The van der Waals surface area contributed by atoms with Crippen molar-refractivity contribution in [2.24, 2.45) is 0 Å². The molecule has 2 amide bonds. The van der Waals surface area contributed by atoms with Crippen LogP contribution in [0.4, 0.5) is 14.9 Å². The maximum atomic E-state index is 12.9. The second-order valence-electron chi connectivity index (χ2n) is 6.53. The fourth-order valence-electron chi connectivity index (χ4n) is 2.34. The molecule has 1 aliphatic rings. The van der Waals surface area contributed by atoms with Gasteiger partial charge in [-0.05, 0) is 45.0 Å². The molecule has 0 bridgehead atoms. The third-order valence-corrected chi connectivity index (χ3v) is 3.32. The van der Waals surface area contributed by atoms with Gasteiger partial charge < -0.3 is 15.2 Å². The zero-order valence-corrected chi connectivity index (χ0v) is 13.4. The van der Waals surface area contributed by atoms with Gasteiger partial charge in [0.15, 0.2) is 0 Å². The lowest BCUT2D eigenvalue weighted by molar-refractivity contribution is -0.120. The maximum Gasteiger partial charge on any atom is 0.411 e. The van der Waals surface area contributed by atoms with Crippen LogP contribution in [0.1, 0.15) is 27.2 Å². The average Bonchev–Trinajstić information content (AvgIpc) is 2.82. The van der Waals surface area contributed by atoms with Gasteiger partial charge in [0.2, 0.25) is 5.91 Å². The number of ether oxygens (including phenoxy) is 1. The van der Waals surface area contributed by atoms with Gasteiger partial charge >= 0.3 is 6.09 Å². The van der Waals surface area contributed by atoms with E-state index in [-0.39, 0.29) is 13.0 Å². The maximum absolute atomic E-state index is 12.9. The van der Waals surface area contributed by atoms with Crippen molar-refractivity contribution in [3.05, 3.63) is 30.1 Å². The molecule has 1 saturated heterocycles. The van der Waals surface area contributed by atoms with E-state index in [9.17, 15) is 19.1 Å². The summed E-state index contributed by atoms with van der Waals surface area (Å²) in [5, 5.41) is 12.4. The van der Waals surface area contributed by atoms with Crippen molar-refractivity contribution in [3.8, 4) is 0 Å². The third kappa shape index (κ3) is 4.66. The first-order valence-corrected chi connectivity index (χ1v) is 7.40. The molecular weight excluding hydrogens is 303 g/mol. The highest BCUT2D eigenvalue weighted by molar-refractivity contribution is 5.97. The van der Waals surface area contributed by atoms with Crippen LogP contribution in [0.2, 0.25) is 0 Å². The summed E-state index contributed by atoms with van der Waals surface area (Å²) in [6, 6.07) is 4.48. The van der Waals surface area contributed by atoms with Crippen LogP contribution in [0, 0.1) is 5.82 Å². The predicted molar refractivity (Wildman–Crippen MR) is 82.4 cm³/mol. The molecular formula is C16H21FN2O4. The minimum absolute atomic E-state index is 0.0381. The normalized spacial score (nSPS) is 21.2. The van der Waals surface area contributed by atoms with E-state index in [1.54, 1.807) is 20.8 Å². The summed E-state index contributed by atoms with van der Waals surface area (Å²) in [5.41, 5.74) is -0.273. The van der Waals surface area contributed by atoms with Gasteiger partial charge in [-0.2, -0.15) is 0 Å². The summed E-state index contributed by atoms with van der Waals surface area (Å²) in [6.07, 6.45) is -1.30. The van der Waals surface area contributed by atoms with Crippen LogP contribution in [0.3, 0.4) is 0 Å². The molecule has 7 heteroatoms. The summed E-state index contributed by atoms with van der Waals surface area (Å²) in [5.74, 6) is -0.853. The number of hydrogen-bond donors (Lipinski definition) is 2. The fraction of sp³-hybridized carbons (Fsp3) is 0.500. The van der Waals surface area contributed by atoms with Gasteiger partial charge in [0.05, 0.1) is 12.6 Å². The van der Waals surface area contributed by atoms with Crippen molar-refractivity contribution in [3.63, 3.8) is 0 Å². The zero-order chi connectivity index (χ0) is 17.2. The van der Waals surface area contributed by atoms with Gasteiger partial charge in [-0.25, -0.2) is 9.18 Å². The highest BCUT2D eigenvalue weighted by atomic mass is 19.1. The Bertz CT molecular complexity index is 583. The van der Waals surface area contributed by atoms with Crippen LogP contribution in [0.25, 0.3) is 0 Å². The number of β-amino-alcohol motifs (C(OH)–C–C–N with tert-alkyl or cyclic N) is 1. The smallest absolute Gasteiger partial charge is 0.411 e. The Balaban J connectivity index is 2.07. The Morgan fingerprint density at radius 2 is 1.91 bits per heavy atom. The van der Waals surface area contributed by atoms with Crippen LogP contribution >= 0.6 is 0 Å². The molecule has 0 spiro atoms. The third-order valence-electron chi connectivity index (χ3n) is 3.32. The van der Waals surface area contributed by atoms with Gasteiger partial charge in [0.25, 0.3) is 0 Å². The summed E-state index contributed by atoms with van der Waals surface area (Å²) < 4.78 is 18.1. The lowest BCUT2D eigenvalue weighted by atomic mass is 10.2. The lowest BCUT2D eigenvalue weighted by Crippen LogP contribution is -2.45. The minimum atomic E-state index is -0.829. The van der Waals surface area contributed by atoms with Gasteiger partial charge in [-0.3, -0.25) is 9.69 Å². The topological polar surface area (TPSA) is 78.9 Å². The van der Waals surface area contributed by atoms with E-state index >= 15 is 0 Å². The number of nitrogens with one attached hydrogen (secondary N) is 1. The summed E-state index contributed by atoms with van der Waals surface area (Å²) in [7, 11) is 0. The lowest BCUT2D eigenvalue weighted by Gasteiger charge is -2.27. The Labute approximate surface area is 134 Å². The largest absolute Gasteiger partial charge is 0.444 e. The number of anilines is 1. The summed E-state index contributed by atoms with van der Waals surface area (Å²) in [4.78, 5) is 25.8. The first-order valence-electron chi connectivity index (χ1n) is 7.40. The molecule has 1 aromatic carbocycles. The summed E-state index contributed by atoms with van der Waals surface area (Å²) >= 11 is 0. The number of likely N-dealkylation sites (tertiary alicyclic amines) is 1. The monoisotopic (exact) mass is 324 g/mol. The molecule has 23 heavy (non-hydrogen) atoms. The molecule has 2 rings (SSSR count). The number of rotatable bonds is 2. The van der Waals surface area contributed by atoms with Crippen molar-refractivity contribution >= 4 is 17.7 Å². The van der Waals surface area contributed by atoms with Crippen LogP contribution in [-0.4, -0.2) is 46.3 Å². The van der Waals surface area contributed by atoms with Crippen molar-refractivity contribution in [2.75, 3.05) is 11.9 Å². The van der Waals surface area contributed by atoms with E-state index in [0.29, 0.717) is 5.69 Å². The fourth-order valence-corrected chi connectivity index (χ4v) is 2.34. The standard InChI is InChI=1S/C16H21FN2O4/c1-16(2,3)23-15(22)19-9-12(20)8-13(19)14(21)18-11-6-4-10(17)5-7-11/h4-7,12-13,20H,8-9H2,1-3H3,(H,18,21)/t12-,13-/m0/s1. The Kier molecular flexibility index (Phi) is 4.89. The Morgan fingerprint density at radius 1 is 1.30 bits per heavy atom. The number of aliphatic hydroxyl groups is 1. The number of amides is 2. The average molecular weight is 324 g/mol. The van der Waals surface area contributed by atoms with Crippen molar-refractivity contribution in [1.29, 1.82) is 0 Å². The van der Waals surface area contributed by atoms with Gasteiger partial charge in [-0.1, -0.05) is 0 Å². The molecule has 1 fully saturated rings. The van der Waals surface area contributed by atoms with E-state index in [2.05, 4.69) is 5.32 Å². The second kappa shape index (κ2) is 6.54. The van der Waals surface area contributed by atoms with Crippen LogP contribution in [0.15, 0.2) is 24.3 Å². The molecule has 2 N–H and O–H groups in total. The Morgan fingerprint density at radius 3 is 2.48 bits per heavy atom. The van der Waals surface area contributed by atoms with Crippen LogP contribution in [0.5, 0.6) is 0 Å². The van der Waals surface area contributed by atoms with E-state index in [4.69, 9.17) is 4.74 Å². The predicted octanol–water partition coefficient (Wildman–Crippen LogP) is 2.13. The van der Waals surface area contributed by atoms with E-state index < -0.39 is 35.6 Å². The molecule has 1 heterocycles. The molecule has 126 valence electrons. The van der Waals surface area contributed by atoms with Crippen LogP contribution < -0.4 is 5.32 Å². The Hall–Kier alpha value is -2.15. The highest BCUT2D eigenvalue weighted by Crippen LogP contribution is 2.22. The quantitative estimate of drug-likeness (QED) is 0.873. The summed E-state index contributed by atoms with van der Waals surface area (Å²) in [6.45, 7) is 5.22. The molecule has 1 aromatic rings. The number of hydrogen-bond acceptors (Lipinski definition) is 4. The molecule has 2 atom stereocenters.